The Kier molecular flexibility index (Phi) is 6.33. The van der Waals surface area contributed by atoms with E-state index in [1.54, 1.807) is 0 Å². The van der Waals surface area contributed by atoms with E-state index in [9.17, 15) is 0 Å². The first kappa shape index (κ1) is 16.1. The van der Waals surface area contributed by atoms with Crippen molar-refractivity contribution in [2.24, 2.45) is 5.73 Å². The van der Waals surface area contributed by atoms with E-state index in [4.69, 9.17) is 5.73 Å². The van der Waals surface area contributed by atoms with E-state index >= 15 is 0 Å². The van der Waals surface area contributed by atoms with Gasteiger partial charge in [-0.2, -0.15) is 0 Å². The Morgan fingerprint density at radius 3 is 2.29 bits per heavy atom. The Bertz CT molecular complexity index is 394. The SMILES string of the molecule is CC(C)N1CCN(c2ccc(NCCCCN)cc2)CC1. The van der Waals surface area contributed by atoms with Gasteiger partial charge in [0.2, 0.25) is 0 Å². The summed E-state index contributed by atoms with van der Waals surface area (Å²) in [5.41, 5.74) is 8.05. The van der Waals surface area contributed by atoms with Crippen molar-refractivity contribution < 1.29 is 0 Å². The van der Waals surface area contributed by atoms with Gasteiger partial charge in [0.05, 0.1) is 0 Å². The van der Waals surface area contributed by atoms with E-state index < -0.39 is 0 Å². The first-order valence-electron chi connectivity index (χ1n) is 8.23. The van der Waals surface area contributed by atoms with Crippen LogP contribution in [0.2, 0.25) is 0 Å². The summed E-state index contributed by atoms with van der Waals surface area (Å²) in [7, 11) is 0. The summed E-state index contributed by atoms with van der Waals surface area (Å²) in [4.78, 5) is 5.03. The Hall–Kier alpha value is -1.26. The van der Waals surface area contributed by atoms with Gasteiger partial charge in [0.1, 0.15) is 0 Å². The molecule has 21 heavy (non-hydrogen) atoms. The molecule has 118 valence electrons. The molecule has 0 unspecified atom stereocenters. The fourth-order valence-electron chi connectivity index (χ4n) is 2.79. The number of piperazine rings is 1. The van der Waals surface area contributed by atoms with Crippen molar-refractivity contribution >= 4 is 11.4 Å². The van der Waals surface area contributed by atoms with Crippen molar-refractivity contribution in [1.29, 1.82) is 0 Å². The van der Waals surface area contributed by atoms with Crippen molar-refractivity contribution in [3.05, 3.63) is 24.3 Å². The molecular formula is C17H30N4. The molecule has 1 aromatic rings. The van der Waals surface area contributed by atoms with Crippen LogP contribution in [0.1, 0.15) is 26.7 Å². The number of nitrogens with zero attached hydrogens (tertiary/aromatic N) is 2. The van der Waals surface area contributed by atoms with Gasteiger partial charge < -0.3 is 16.0 Å². The quantitative estimate of drug-likeness (QED) is 0.757. The minimum absolute atomic E-state index is 0.659. The molecule has 1 aromatic carbocycles. The Balaban J connectivity index is 1.80. The smallest absolute Gasteiger partial charge is 0.0368 e. The molecule has 1 aliphatic rings. The summed E-state index contributed by atoms with van der Waals surface area (Å²) in [6.45, 7) is 10.9. The van der Waals surface area contributed by atoms with Crippen molar-refractivity contribution in [2.45, 2.75) is 32.7 Å². The molecule has 3 N–H and O–H groups in total. The number of anilines is 2. The van der Waals surface area contributed by atoms with Crippen LogP contribution in [0.5, 0.6) is 0 Å². The predicted octanol–water partition coefficient (Wildman–Crippen LogP) is 2.37. The summed E-state index contributed by atoms with van der Waals surface area (Å²) in [5, 5.41) is 3.45. The molecule has 4 nitrogen and oxygen atoms in total. The predicted molar refractivity (Wildman–Crippen MR) is 92.1 cm³/mol. The van der Waals surface area contributed by atoms with Gasteiger partial charge in [-0.3, -0.25) is 4.90 Å². The Morgan fingerprint density at radius 1 is 1.05 bits per heavy atom. The van der Waals surface area contributed by atoms with Crippen LogP contribution >= 0.6 is 0 Å². The summed E-state index contributed by atoms with van der Waals surface area (Å²) < 4.78 is 0. The lowest BCUT2D eigenvalue weighted by Crippen LogP contribution is -2.48. The normalized spacial score (nSPS) is 16.5. The fourth-order valence-corrected chi connectivity index (χ4v) is 2.79. The summed E-state index contributed by atoms with van der Waals surface area (Å²) in [5.74, 6) is 0. The molecule has 0 aliphatic carbocycles. The summed E-state index contributed by atoms with van der Waals surface area (Å²) in [6.07, 6.45) is 2.22. The van der Waals surface area contributed by atoms with E-state index in [0.29, 0.717) is 6.04 Å². The lowest BCUT2D eigenvalue weighted by Gasteiger charge is -2.38. The highest BCUT2D eigenvalue weighted by Crippen LogP contribution is 2.20. The standard InChI is InChI=1S/C17H30N4/c1-15(2)20-11-13-21(14-12-20)17-7-5-16(6-8-17)19-10-4-3-9-18/h5-8,15,19H,3-4,9-14,18H2,1-2H3. The number of hydrogen-bond donors (Lipinski definition) is 2. The zero-order chi connectivity index (χ0) is 15.1. The highest BCUT2D eigenvalue weighted by atomic mass is 15.3. The molecule has 0 radical (unpaired) electrons. The van der Waals surface area contributed by atoms with Crippen LogP contribution in [0.3, 0.4) is 0 Å². The van der Waals surface area contributed by atoms with Gasteiger partial charge >= 0.3 is 0 Å². The molecule has 1 fully saturated rings. The van der Waals surface area contributed by atoms with Crippen LogP contribution in [0.4, 0.5) is 11.4 Å². The van der Waals surface area contributed by atoms with Gasteiger partial charge in [0.25, 0.3) is 0 Å². The highest BCUT2D eigenvalue weighted by Gasteiger charge is 2.18. The lowest BCUT2D eigenvalue weighted by molar-refractivity contribution is 0.209. The van der Waals surface area contributed by atoms with Crippen LogP contribution in [0.25, 0.3) is 0 Å². The number of unbranched alkanes of at least 4 members (excludes halogenated alkanes) is 1. The van der Waals surface area contributed by atoms with E-state index in [2.05, 4.69) is 53.2 Å². The summed E-state index contributed by atoms with van der Waals surface area (Å²) in [6, 6.07) is 9.50. The average Bonchev–Trinajstić information content (AvgIpc) is 2.52. The largest absolute Gasteiger partial charge is 0.385 e. The van der Waals surface area contributed by atoms with Crippen molar-refractivity contribution in [2.75, 3.05) is 49.5 Å². The maximum absolute atomic E-state index is 5.50. The Morgan fingerprint density at radius 2 is 1.71 bits per heavy atom. The van der Waals surface area contributed by atoms with E-state index in [1.165, 1.54) is 11.4 Å². The molecule has 0 amide bonds. The van der Waals surface area contributed by atoms with Gasteiger partial charge in [-0.15, -0.1) is 0 Å². The highest BCUT2D eigenvalue weighted by molar-refractivity contribution is 5.55. The molecule has 1 heterocycles. The number of nitrogens with two attached hydrogens (primary N) is 1. The van der Waals surface area contributed by atoms with Crippen LogP contribution in [0, 0.1) is 0 Å². The maximum Gasteiger partial charge on any atom is 0.0368 e. The van der Waals surface area contributed by atoms with E-state index in [0.717, 1.165) is 52.1 Å². The number of nitrogens with one attached hydrogen (secondary N) is 1. The second-order valence-corrected chi connectivity index (χ2v) is 6.09. The van der Waals surface area contributed by atoms with Gasteiger partial charge in [0, 0.05) is 50.1 Å². The molecule has 0 spiro atoms. The van der Waals surface area contributed by atoms with Crippen molar-refractivity contribution in [1.82, 2.24) is 4.90 Å². The molecule has 0 atom stereocenters. The van der Waals surface area contributed by atoms with Gasteiger partial charge in [-0.05, 0) is 57.5 Å². The second kappa shape index (κ2) is 8.25. The number of benzene rings is 1. The molecule has 1 saturated heterocycles. The second-order valence-electron chi connectivity index (χ2n) is 6.09. The first-order chi connectivity index (χ1) is 10.2. The van der Waals surface area contributed by atoms with Gasteiger partial charge in [-0.1, -0.05) is 0 Å². The Labute approximate surface area is 129 Å². The maximum atomic E-state index is 5.50. The summed E-state index contributed by atoms with van der Waals surface area (Å²) >= 11 is 0. The zero-order valence-electron chi connectivity index (χ0n) is 13.5. The number of hydrogen-bond acceptors (Lipinski definition) is 4. The van der Waals surface area contributed by atoms with Crippen LogP contribution < -0.4 is 16.0 Å². The van der Waals surface area contributed by atoms with Gasteiger partial charge in [0.15, 0.2) is 0 Å². The zero-order valence-corrected chi connectivity index (χ0v) is 13.5. The average molecular weight is 290 g/mol. The third-order valence-corrected chi connectivity index (χ3v) is 4.24. The van der Waals surface area contributed by atoms with Gasteiger partial charge in [-0.25, -0.2) is 0 Å². The molecule has 0 bridgehead atoms. The minimum atomic E-state index is 0.659. The van der Waals surface area contributed by atoms with Crippen molar-refractivity contribution in [3.63, 3.8) is 0 Å². The lowest BCUT2D eigenvalue weighted by atomic mass is 10.2. The third-order valence-electron chi connectivity index (χ3n) is 4.24. The first-order valence-corrected chi connectivity index (χ1v) is 8.23. The molecule has 2 rings (SSSR count). The van der Waals surface area contributed by atoms with E-state index in [-0.39, 0.29) is 0 Å². The third kappa shape index (κ3) is 4.90. The number of rotatable bonds is 7. The topological polar surface area (TPSA) is 44.5 Å². The fraction of sp³-hybridized carbons (Fsp3) is 0.647. The van der Waals surface area contributed by atoms with Crippen LogP contribution in [-0.4, -0.2) is 50.2 Å². The van der Waals surface area contributed by atoms with Crippen molar-refractivity contribution in [3.8, 4) is 0 Å². The van der Waals surface area contributed by atoms with Crippen LogP contribution in [0.15, 0.2) is 24.3 Å². The molecule has 0 saturated carbocycles. The molecular weight excluding hydrogens is 260 g/mol. The molecule has 0 aromatic heterocycles. The minimum Gasteiger partial charge on any atom is -0.385 e. The monoisotopic (exact) mass is 290 g/mol. The molecule has 4 heteroatoms. The van der Waals surface area contributed by atoms with E-state index in [1.807, 2.05) is 0 Å². The van der Waals surface area contributed by atoms with Crippen LogP contribution in [-0.2, 0) is 0 Å². The molecule has 1 aliphatic heterocycles.